The lowest BCUT2D eigenvalue weighted by Gasteiger charge is -2.05. The first-order valence-electron chi connectivity index (χ1n) is 5.12. The van der Waals surface area contributed by atoms with Crippen LogP contribution in [-0.2, 0) is 6.42 Å². The minimum atomic E-state index is 0.752. The summed E-state index contributed by atoms with van der Waals surface area (Å²) in [4.78, 5) is 0. The van der Waals surface area contributed by atoms with E-state index in [-0.39, 0.29) is 0 Å². The molecule has 0 unspecified atom stereocenters. The van der Waals surface area contributed by atoms with Gasteiger partial charge in [0.2, 0.25) is 0 Å². The van der Waals surface area contributed by atoms with E-state index in [2.05, 4.69) is 25.1 Å². The Morgan fingerprint density at radius 3 is 2.47 bits per heavy atom. The lowest BCUT2D eigenvalue weighted by Crippen LogP contribution is -1.84. The molecule has 75 valence electrons. The Balaban J connectivity index is 2.11. The fourth-order valence-corrected chi connectivity index (χ4v) is 1.36. The average molecular weight is 197 g/mol. The maximum Gasteiger partial charge on any atom is 0.135 e. The molecule has 0 saturated heterocycles. The first kappa shape index (κ1) is 9.78. The van der Waals surface area contributed by atoms with Gasteiger partial charge in [0, 0.05) is 6.07 Å². The van der Waals surface area contributed by atoms with Crippen molar-refractivity contribution in [2.24, 2.45) is 0 Å². The summed E-state index contributed by atoms with van der Waals surface area (Å²) in [5.74, 6) is 1.61. The summed E-state index contributed by atoms with van der Waals surface area (Å²) >= 11 is 0. The summed E-state index contributed by atoms with van der Waals surface area (Å²) in [7, 11) is 0. The molecule has 2 rings (SSSR count). The largest absolute Gasteiger partial charge is 0.457 e. The zero-order valence-electron chi connectivity index (χ0n) is 8.73. The van der Waals surface area contributed by atoms with Gasteiger partial charge in [0.25, 0.3) is 0 Å². The average Bonchev–Trinajstić information content (AvgIpc) is 2.31. The van der Waals surface area contributed by atoms with E-state index in [4.69, 9.17) is 4.74 Å². The van der Waals surface area contributed by atoms with E-state index in [1.165, 1.54) is 5.56 Å². The van der Waals surface area contributed by atoms with Gasteiger partial charge in [0.05, 0.1) is 0 Å². The van der Waals surface area contributed by atoms with Gasteiger partial charge in [-0.2, -0.15) is 0 Å². The maximum atomic E-state index is 5.62. The van der Waals surface area contributed by atoms with Crippen LogP contribution in [0.15, 0.2) is 48.5 Å². The molecule has 0 saturated carbocycles. The van der Waals surface area contributed by atoms with Gasteiger partial charge in [-0.15, -0.1) is 0 Å². The molecule has 0 heterocycles. The minimum absolute atomic E-state index is 0.752. The summed E-state index contributed by atoms with van der Waals surface area (Å²) in [6.45, 7) is 2.14. The number of ether oxygens (including phenoxy) is 1. The highest BCUT2D eigenvalue weighted by Crippen LogP contribution is 2.20. The first-order chi connectivity index (χ1) is 7.38. The second kappa shape index (κ2) is 4.65. The topological polar surface area (TPSA) is 9.23 Å². The van der Waals surface area contributed by atoms with Gasteiger partial charge < -0.3 is 4.74 Å². The van der Waals surface area contributed by atoms with Crippen molar-refractivity contribution in [1.82, 2.24) is 0 Å². The van der Waals surface area contributed by atoms with Crippen LogP contribution in [0, 0.1) is 6.07 Å². The lowest BCUT2D eigenvalue weighted by atomic mass is 10.2. The Kier molecular flexibility index (Phi) is 3.03. The number of hydrogen-bond donors (Lipinski definition) is 0. The summed E-state index contributed by atoms with van der Waals surface area (Å²) in [5, 5.41) is 0. The van der Waals surface area contributed by atoms with Crippen molar-refractivity contribution >= 4 is 0 Å². The summed E-state index contributed by atoms with van der Waals surface area (Å²) < 4.78 is 5.62. The summed E-state index contributed by atoms with van der Waals surface area (Å²) in [6, 6.07) is 18.8. The van der Waals surface area contributed by atoms with Crippen molar-refractivity contribution in [3.8, 4) is 11.5 Å². The van der Waals surface area contributed by atoms with Crippen molar-refractivity contribution in [2.45, 2.75) is 13.3 Å². The minimum Gasteiger partial charge on any atom is -0.457 e. The Hall–Kier alpha value is -1.76. The molecule has 0 atom stereocenters. The van der Waals surface area contributed by atoms with E-state index in [1.54, 1.807) is 0 Å². The summed E-state index contributed by atoms with van der Waals surface area (Å²) in [6.07, 6.45) is 1.05. The molecule has 2 aromatic rings. The number of rotatable bonds is 3. The van der Waals surface area contributed by atoms with Crippen LogP contribution in [0.25, 0.3) is 0 Å². The Bertz CT molecular complexity index is 403. The normalized spacial score (nSPS) is 9.93. The van der Waals surface area contributed by atoms with Crippen molar-refractivity contribution in [3.63, 3.8) is 0 Å². The zero-order chi connectivity index (χ0) is 10.5. The van der Waals surface area contributed by atoms with E-state index < -0.39 is 0 Å². The highest BCUT2D eigenvalue weighted by molar-refractivity contribution is 5.32. The molecule has 0 aliphatic rings. The molecule has 0 bridgehead atoms. The van der Waals surface area contributed by atoms with Crippen LogP contribution in [0.3, 0.4) is 0 Å². The van der Waals surface area contributed by atoms with E-state index in [0.717, 1.165) is 17.9 Å². The highest BCUT2D eigenvalue weighted by atomic mass is 16.5. The highest BCUT2D eigenvalue weighted by Gasteiger charge is 1.96. The second-order valence-electron chi connectivity index (χ2n) is 3.33. The molecule has 0 amide bonds. The number of benzene rings is 2. The van der Waals surface area contributed by atoms with Gasteiger partial charge in [0.1, 0.15) is 11.5 Å². The van der Waals surface area contributed by atoms with Crippen LogP contribution in [0.2, 0.25) is 0 Å². The second-order valence-corrected chi connectivity index (χ2v) is 3.33. The van der Waals surface area contributed by atoms with Crippen LogP contribution in [0.4, 0.5) is 0 Å². The fourth-order valence-electron chi connectivity index (χ4n) is 1.36. The molecule has 0 aliphatic heterocycles. The SMILES string of the molecule is CCc1ccc(Oc2[c]cccc2)cc1. The molecule has 1 nitrogen and oxygen atoms in total. The first-order valence-corrected chi connectivity index (χ1v) is 5.12. The van der Waals surface area contributed by atoms with E-state index in [0.29, 0.717) is 0 Å². The predicted octanol–water partition coefficient (Wildman–Crippen LogP) is 3.84. The third-order valence-corrected chi connectivity index (χ3v) is 2.24. The molecule has 0 aromatic heterocycles. The van der Waals surface area contributed by atoms with Crippen LogP contribution >= 0.6 is 0 Å². The van der Waals surface area contributed by atoms with Crippen LogP contribution in [-0.4, -0.2) is 0 Å². The van der Waals surface area contributed by atoms with Gasteiger partial charge in [-0.3, -0.25) is 0 Å². The van der Waals surface area contributed by atoms with Crippen molar-refractivity contribution in [1.29, 1.82) is 0 Å². The van der Waals surface area contributed by atoms with E-state index in [9.17, 15) is 0 Å². The molecular weight excluding hydrogens is 184 g/mol. The van der Waals surface area contributed by atoms with Gasteiger partial charge in [0.15, 0.2) is 0 Å². The number of para-hydroxylation sites is 1. The third-order valence-electron chi connectivity index (χ3n) is 2.24. The van der Waals surface area contributed by atoms with Gasteiger partial charge in [-0.1, -0.05) is 37.3 Å². The molecule has 0 N–H and O–H groups in total. The maximum absolute atomic E-state index is 5.62. The number of aryl methyl sites for hydroxylation is 1. The van der Waals surface area contributed by atoms with Gasteiger partial charge >= 0.3 is 0 Å². The van der Waals surface area contributed by atoms with Crippen molar-refractivity contribution in [2.75, 3.05) is 0 Å². The Morgan fingerprint density at radius 2 is 1.87 bits per heavy atom. The Morgan fingerprint density at radius 1 is 1.07 bits per heavy atom. The number of hydrogen-bond acceptors (Lipinski definition) is 1. The molecule has 15 heavy (non-hydrogen) atoms. The van der Waals surface area contributed by atoms with Crippen molar-refractivity contribution < 1.29 is 4.74 Å². The van der Waals surface area contributed by atoms with Gasteiger partial charge in [-0.05, 0) is 30.2 Å². The fraction of sp³-hybridized carbons (Fsp3) is 0.143. The van der Waals surface area contributed by atoms with Gasteiger partial charge in [-0.25, -0.2) is 0 Å². The van der Waals surface area contributed by atoms with Crippen LogP contribution < -0.4 is 4.74 Å². The van der Waals surface area contributed by atoms with E-state index >= 15 is 0 Å². The molecule has 0 aliphatic carbocycles. The predicted molar refractivity (Wildman–Crippen MR) is 61.2 cm³/mol. The summed E-state index contributed by atoms with van der Waals surface area (Å²) in [5.41, 5.74) is 1.32. The molecule has 2 aromatic carbocycles. The van der Waals surface area contributed by atoms with E-state index in [1.807, 2.05) is 36.4 Å². The zero-order valence-corrected chi connectivity index (χ0v) is 8.73. The molecule has 0 spiro atoms. The monoisotopic (exact) mass is 197 g/mol. The Labute approximate surface area is 90.3 Å². The van der Waals surface area contributed by atoms with Crippen molar-refractivity contribution in [3.05, 3.63) is 60.2 Å². The lowest BCUT2D eigenvalue weighted by molar-refractivity contribution is 0.481. The van der Waals surface area contributed by atoms with Crippen LogP contribution in [0.5, 0.6) is 11.5 Å². The van der Waals surface area contributed by atoms with Crippen LogP contribution in [0.1, 0.15) is 12.5 Å². The molecule has 1 heteroatoms. The molecule has 0 fully saturated rings. The quantitative estimate of drug-likeness (QED) is 0.726. The third kappa shape index (κ3) is 2.59. The molecule has 1 radical (unpaired) electrons. The standard InChI is InChI=1S/C14H13O/c1-2-12-8-10-14(11-9-12)15-13-6-4-3-5-7-13/h3-6,8-11H,2H2,1H3. The smallest absolute Gasteiger partial charge is 0.135 e. The molecular formula is C14H13O.